The van der Waals surface area contributed by atoms with Gasteiger partial charge >= 0.3 is 12.1 Å². The van der Waals surface area contributed by atoms with Gasteiger partial charge in [-0.3, -0.25) is 0 Å². The van der Waals surface area contributed by atoms with Gasteiger partial charge < -0.3 is 20.4 Å². The quantitative estimate of drug-likeness (QED) is 0.338. The summed E-state index contributed by atoms with van der Waals surface area (Å²) < 4.78 is 0. The van der Waals surface area contributed by atoms with Crippen LogP contribution in [-0.2, 0) is 13.1 Å². The Hall–Kier alpha value is -3.80. The molecule has 0 aromatic heterocycles. The molecule has 6 heteroatoms. The van der Waals surface area contributed by atoms with Crippen LogP contribution in [0.2, 0.25) is 0 Å². The minimum atomic E-state index is -0.159. The van der Waals surface area contributed by atoms with Gasteiger partial charge in [0.15, 0.2) is 0 Å². The van der Waals surface area contributed by atoms with Crippen LogP contribution in [0.1, 0.15) is 43.4 Å². The summed E-state index contributed by atoms with van der Waals surface area (Å²) in [5.41, 5.74) is 4.44. The monoisotopic (exact) mass is 472 g/mol. The number of amides is 4. The molecule has 6 nitrogen and oxygen atoms in total. The van der Waals surface area contributed by atoms with Crippen LogP contribution in [0.4, 0.5) is 21.0 Å². The first-order valence-electron chi connectivity index (χ1n) is 12.3. The summed E-state index contributed by atoms with van der Waals surface area (Å²) in [6.45, 7) is 8.46. The number of carbonyl (C=O) groups is 2. The predicted octanol–water partition coefficient (Wildman–Crippen LogP) is 6.88. The zero-order valence-electron chi connectivity index (χ0n) is 21.0. The Bertz CT molecular complexity index is 1090. The van der Waals surface area contributed by atoms with Gasteiger partial charge in [-0.2, -0.15) is 0 Å². The summed E-state index contributed by atoms with van der Waals surface area (Å²) in [6.07, 6.45) is 1.73. The molecule has 0 saturated heterocycles. The number of hydrogen-bond acceptors (Lipinski definition) is 2. The van der Waals surface area contributed by atoms with Crippen LogP contribution >= 0.6 is 0 Å². The van der Waals surface area contributed by atoms with Gasteiger partial charge in [0.2, 0.25) is 0 Å². The maximum absolute atomic E-state index is 13.1. The Kier molecular flexibility index (Phi) is 9.72. The van der Waals surface area contributed by atoms with Gasteiger partial charge in [-0.05, 0) is 48.6 Å². The Morgan fingerprint density at radius 2 is 1.17 bits per heavy atom. The lowest BCUT2D eigenvalue weighted by Crippen LogP contribution is -2.36. The zero-order valence-corrected chi connectivity index (χ0v) is 21.0. The van der Waals surface area contributed by atoms with Crippen molar-refractivity contribution in [3.8, 4) is 0 Å². The standard InChI is InChI=1S/C29H36N4O2/c1-4-18-32(21-24-12-8-6-9-13-24)28(34)30-26-17-16-23(3)27(20-26)31-29(35)33(19-5-2)22-25-14-10-7-11-15-25/h6-17,20H,4-5,18-19,21-22H2,1-3H3,(H,30,34)(H,31,35). The maximum Gasteiger partial charge on any atom is 0.322 e. The summed E-state index contributed by atoms with van der Waals surface area (Å²) in [6, 6.07) is 25.2. The normalized spacial score (nSPS) is 10.5. The van der Waals surface area contributed by atoms with Crippen LogP contribution in [0, 0.1) is 6.92 Å². The molecule has 0 radical (unpaired) electrons. The lowest BCUT2D eigenvalue weighted by Gasteiger charge is -2.24. The third-order valence-corrected chi connectivity index (χ3v) is 5.72. The first kappa shape index (κ1) is 25.8. The summed E-state index contributed by atoms with van der Waals surface area (Å²) in [5, 5.41) is 6.05. The summed E-state index contributed by atoms with van der Waals surface area (Å²) in [5.74, 6) is 0. The fraction of sp³-hybridized carbons (Fsp3) is 0.310. The minimum Gasteiger partial charge on any atom is -0.320 e. The zero-order chi connectivity index (χ0) is 25.0. The second-order valence-electron chi connectivity index (χ2n) is 8.70. The molecule has 3 rings (SSSR count). The number of hydrogen-bond donors (Lipinski definition) is 2. The number of anilines is 2. The lowest BCUT2D eigenvalue weighted by atomic mass is 10.1. The third kappa shape index (κ3) is 7.88. The van der Waals surface area contributed by atoms with E-state index in [1.165, 1.54) is 0 Å². The molecule has 2 N–H and O–H groups in total. The molecule has 0 saturated carbocycles. The topological polar surface area (TPSA) is 64.7 Å². The fourth-order valence-electron chi connectivity index (χ4n) is 3.88. The Morgan fingerprint density at radius 1 is 0.686 bits per heavy atom. The van der Waals surface area contributed by atoms with Crippen molar-refractivity contribution in [2.24, 2.45) is 0 Å². The van der Waals surface area contributed by atoms with Gasteiger partial charge in [0.25, 0.3) is 0 Å². The molecule has 0 atom stereocenters. The Morgan fingerprint density at radius 3 is 1.66 bits per heavy atom. The molecule has 0 aliphatic carbocycles. The molecule has 0 aliphatic rings. The van der Waals surface area contributed by atoms with Crippen LogP contribution in [0.25, 0.3) is 0 Å². The van der Waals surface area contributed by atoms with E-state index in [0.717, 1.165) is 29.5 Å². The molecule has 35 heavy (non-hydrogen) atoms. The predicted molar refractivity (Wildman–Crippen MR) is 144 cm³/mol. The Labute approximate surface area is 209 Å². The molecule has 3 aromatic rings. The van der Waals surface area contributed by atoms with Gasteiger partial charge in [0, 0.05) is 37.6 Å². The molecule has 0 fully saturated rings. The molecule has 184 valence electrons. The number of nitrogens with one attached hydrogen (secondary N) is 2. The molecular formula is C29H36N4O2. The molecule has 0 aliphatic heterocycles. The van der Waals surface area contributed by atoms with Crippen molar-refractivity contribution in [2.75, 3.05) is 23.7 Å². The van der Waals surface area contributed by atoms with E-state index in [2.05, 4.69) is 24.5 Å². The second kappa shape index (κ2) is 13.2. The minimum absolute atomic E-state index is 0.154. The van der Waals surface area contributed by atoms with Crippen molar-refractivity contribution in [3.63, 3.8) is 0 Å². The molecule has 4 amide bonds. The summed E-state index contributed by atoms with van der Waals surface area (Å²) in [4.78, 5) is 29.8. The smallest absolute Gasteiger partial charge is 0.320 e. The van der Waals surface area contributed by atoms with Crippen LogP contribution in [0.3, 0.4) is 0 Å². The number of carbonyl (C=O) groups excluding carboxylic acids is 2. The van der Waals surface area contributed by atoms with E-state index in [-0.39, 0.29) is 12.1 Å². The first-order valence-corrected chi connectivity index (χ1v) is 12.3. The van der Waals surface area contributed by atoms with Crippen molar-refractivity contribution >= 4 is 23.4 Å². The van der Waals surface area contributed by atoms with Crippen molar-refractivity contribution in [2.45, 2.75) is 46.7 Å². The third-order valence-electron chi connectivity index (χ3n) is 5.72. The molecule has 0 bridgehead atoms. The van der Waals surface area contributed by atoms with E-state index in [4.69, 9.17) is 0 Å². The highest BCUT2D eigenvalue weighted by Crippen LogP contribution is 2.22. The summed E-state index contributed by atoms with van der Waals surface area (Å²) >= 11 is 0. The number of benzene rings is 3. The van der Waals surface area contributed by atoms with Gasteiger partial charge in [0.05, 0.1) is 0 Å². The molecule has 0 heterocycles. The number of nitrogens with zero attached hydrogens (tertiary/aromatic N) is 2. The van der Waals surface area contributed by atoms with Crippen LogP contribution < -0.4 is 10.6 Å². The lowest BCUT2D eigenvalue weighted by molar-refractivity contribution is 0.208. The molecular weight excluding hydrogens is 436 g/mol. The van der Waals surface area contributed by atoms with E-state index in [1.54, 1.807) is 4.90 Å². The van der Waals surface area contributed by atoms with Crippen molar-refractivity contribution in [1.29, 1.82) is 0 Å². The van der Waals surface area contributed by atoms with E-state index < -0.39 is 0 Å². The van der Waals surface area contributed by atoms with Gasteiger partial charge in [0.1, 0.15) is 0 Å². The van der Waals surface area contributed by atoms with Crippen LogP contribution in [-0.4, -0.2) is 35.0 Å². The fourth-order valence-corrected chi connectivity index (χ4v) is 3.88. The van der Waals surface area contributed by atoms with Crippen molar-refractivity contribution < 1.29 is 9.59 Å². The molecule has 3 aromatic carbocycles. The summed E-state index contributed by atoms with van der Waals surface area (Å²) in [7, 11) is 0. The first-order chi connectivity index (χ1) is 17.0. The van der Waals surface area contributed by atoms with Gasteiger partial charge in [-0.25, -0.2) is 9.59 Å². The van der Waals surface area contributed by atoms with E-state index >= 15 is 0 Å². The van der Waals surface area contributed by atoms with Gasteiger partial charge in [-0.15, -0.1) is 0 Å². The average Bonchev–Trinajstić information content (AvgIpc) is 2.86. The molecule has 0 spiro atoms. The highest BCUT2D eigenvalue weighted by Gasteiger charge is 2.17. The van der Waals surface area contributed by atoms with E-state index in [9.17, 15) is 9.59 Å². The van der Waals surface area contributed by atoms with Crippen molar-refractivity contribution in [1.82, 2.24) is 9.80 Å². The van der Waals surface area contributed by atoms with E-state index in [1.807, 2.05) is 90.7 Å². The highest BCUT2D eigenvalue weighted by molar-refractivity contribution is 5.93. The average molecular weight is 473 g/mol. The number of rotatable bonds is 10. The van der Waals surface area contributed by atoms with Crippen LogP contribution in [0.15, 0.2) is 78.9 Å². The van der Waals surface area contributed by atoms with Gasteiger partial charge in [-0.1, -0.05) is 80.6 Å². The molecule has 0 unspecified atom stereocenters. The largest absolute Gasteiger partial charge is 0.322 e. The van der Waals surface area contributed by atoms with Crippen LogP contribution in [0.5, 0.6) is 0 Å². The van der Waals surface area contributed by atoms with Crippen molar-refractivity contribution in [3.05, 3.63) is 95.6 Å². The number of aryl methyl sites for hydroxylation is 1. The highest BCUT2D eigenvalue weighted by atomic mass is 16.2. The Balaban J connectivity index is 1.69. The second-order valence-corrected chi connectivity index (χ2v) is 8.70. The SMILES string of the molecule is CCCN(Cc1ccccc1)C(=O)Nc1ccc(C)c(NC(=O)N(CCC)Cc2ccccc2)c1. The van der Waals surface area contributed by atoms with E-state index in [0.29, 0.717) is 37.6 Å². The number of urea groups is 2. The maximum atomic E-state index is 13.1.